The first kappa shape index (κ1) is 19.3. The van der Waals surface area contributed by atoms with E-state index in [9.17, 15) is 9.90 Å². The molecule has 1 saturated heterocycles. The number of hydrogen-bond donors (Lipinski definition) is 3. The molecule has 4 rings (SSSR count). The second-order valence-electron chi connectivity index (χ2n) is 7.06. The fourth-order valence-electron chi connectivity index (χ4n) is 3.28. The van der Waals surface area contributed by atoms with Crippen molar-refractivity contribution in [3.8, 4) is 10.6 Å². The summed E-state index contributed by atoms with van der Waals surface area (Å²) in [5.41, 5.74) is 1.95. The maximum Gasteiger partial charge on any atom is 0.320 e. The minimum atomic E-state index is -0.808. The van der Waals surface area contributed by atoms with Gasteiger partial charge in [0.05, 0.1) is 10.6 Å². The van der Waals surface area contributed by atoms with E-state index in [-0.39, 0.29) is 6.04 Å². The number of aromatic nitrogens is 3. The average Bonchev–Trinajstić information content (AvgIpc) is 3.38. The van der Waals surface area contributed by atoms with Gasteiger partial charge < -0.3 is 20.6 Å². The van der Waals surface area contributed by atoms with E-state index in [1.807, 2.05) is 55.4 Å². The Morgan fingerprint density at radius 3 is 2.93 bits per heavy atom. The molecule has 4 heterocycles. The molecule has 0 saturated carbocycles. The Hall–Kier alpha value is -3.04. The summed E-state index contributed by atoms with van der Waals surface area (Å²) >= 11 is 1.54. The number of carboxylic acids is 1. The van der Waals surface area contributed by atoms with Gasteiger partial charge in [-0.25, -0.2) is 15.0 Å². The molecule has 0 amide bonds. The number of rotatable bonds is 6. The summed E-state index contributed by atoms with van der Waals surface area (Å²) in [6, 6.07) is 9.31. The van der Waals surface area contributed by atoms with Gasteiger partial charge in [0, 0.05) is 32.0 Å². The number of thiazole rings is 1. The van der Waals surface area contributed by atoms with Crippen LogP contribution in [0.5, 0.6) is 0 Å². The van der Waals surface area contributed by atoms with Gasteiger partial charge in [0.15, 0.2) is 5.13 Å². The Morgan fingerprint density at radius 1 is 1.31 bits per heavy atom. The lowest BCUT2D eigenvalue weighted by molar-refractivity contribution is -0.139. The van der Waals surface area contributed by atoms with E-state index in [1.54, 1.807) is 17.5 Å². The van der Waals surface area contributed by atoms with Crippen LogP contribution in [0, 0.1) is 6.92 Å². The van der Waals surface area contributed by atoms with Crippen LogP contribution in [-0.2, 0) is 4.79 Å². The molecule has 9 heteroatoms. The van der Waals surface area contributed by atoms with Crippen molar-refractivity contribution in [1.82, 2.24) is 20.3 Å². The van der Waals surface area contributed by atoms with Gasteiger partial charge in [0.25, 0.3) is 0 Å². The van der Waals surface area contributed by atoms with Crippen LogP contribution >= 0.6 is 11.3 Å². The van der Waals surface area contributed by atoms with E-state index in [0.717, 1.165) is 27.1 Å². The number of carbonyl (C=O) groups is 1. The zero-order valence-electron chi connectivity index (χ0n) is 16.2. The van der Waals surface area contributed by atoms with E-state index >= 15 is 0 Å². The number of nitrogens with zero attached hydrogens (tertiary/aromatic N) is 4. The molecule has 1 fully saturated rings. The number of anilines is 3. The normalized spacial score (nSPS) is 18.6. The van der Waals surface area contributed by atoms with E-state index in [1.165, 1.54) is 0 Å². The van der Waals surface area contributed by atoms with Crippen LogP contribution in [0.1, 0.15) is 12.0 Å². The number of aliphatic carboxylic acids is 1. The number of hydrogen-bond acceptors (Lipinski definition) is 8. The van der Waals surface area contributed by atoms with Gasteiger partial charge in [0.2, 0.25) is 0 Å². The number of nitrogens with one attached hydrogen (secondary N) is 2. The Balaban J connectivity index is 1.49. The molecule has 0 spiro atoms. The molecule has 1 aliphatic rings. The Morgan fingerprint density at radius 2 is 2.17 bits per heavy atom. The monoisotopic (exact) mass is 410 g/mol. The molecule has 29 heavy (non-hydrogen) atoms. The minimum absolute atomic E-state index is 0.100. The Kier molecular flexibility index (Phi) is 5.41. The van der Waals surface area contributed by atoms with Crippen molar-refractivity contribution in [2.75, 3.05) is 23.8 Å². The van der Waals surface area contributed by atoms with E-state index in [4.69, 9.17) is 0 Å². The molecule has 0 bridgehead atoms. The van der Waals surface area contributed by atoms with Crippen LogP contribution in [0.15, 0.2) is 42.7 Å². The minimum Gasteiger partial charge on any atom is -0.480 e. The summed E-state index contributed by atoms with van der Waals surface area (Å²) in [7, 11) is 1.95. The smallest absolute Gasteiger partial charge is 0.320 e. The summed E-state index contributed by atoms with van der Waals surface area (Å²) in [6.07, 6.45) is 4.13. The topological polar surface area (TPSA) is 103 Å². The van der Waals surface area contributed by atoms with Crippen molar-refractivity contribution in [2.45, 2.75) is 25.4 Å². The standard InChI is InChI=1S/C20H22N6O2S/c1-12-6-7-21-18(8-12)25-17-5-3-4-14(24-17)16-11-23-20(29-16)26(2)13-9-15(19(27)28)22-10-13/h3-8,11,13,15,22H,9-10H2,1-2H3,(H,27,28)(H,21,24,25)/t13-,15?/m1/s1. The highest BCUT2D eigenvalue weighted by Crippen LogP contribution is 2.32. The number of carboxylic acid groups (broad SMARTS) is 1. The molecule has 8 nitrogen and oxygen atoms in total. The SMILES string of the molecule is Cc1ccnc(Nc2cccc(-c3cnc(N(C)[C@H]4CNC(C(=O)O)C4)s3)n2)c1. The number of likely N-dealkylation sites (N-methyl/N-ethyl adjacent to an activating group) is 1. The molecule has 0 aliphatic carbocycles. The third-order valence-corrected chi connectivity index (χ3v) is 6.03. The van der Waals surface area contributed by atoms with Gasteiger partial charge in [-0.1, -0.05) is 17.4 Å². The van der Waals surface area contributed by atoms with Crippen molar-refractivity contribution in [2.24, 2.45) is 0 Å². The molecule has 3 aromatic rings. The van der Waals surface area contributed by atoms with E-state index in [2.05, 4.69) is 25.6 Å². The zero-order valence-corrected chi connectivity index (χ0v) is 17.0. The van der Waals surface area contributed by atoms with Crippen LogP contribution in [-0.4, -0.2) is 51.7 Å². The molecule has 3 aromatic heterocycles. The van der Waals surface area contributed by atoms with Crippen LogP contribution in [0.4, 0.5) is 16.8 Å². The highest BCUT2D eigenvalue weighted by Gasteiger charge is 2.32. The van der Waals surface area contributed by atoms with Crippen LogP contribution < -0.4 is 15.5 Å². The van der Waals surface area contributed by atoms with Gasteiger partial charge >= 0.3 is 5.97 Å². The first-order valence-corrected chi connectivity index (χ1v) is 10.1. The maximum atomic E-state index is 11.2. The van der Waals surface area contributed by atoms with Gasteiger partial charge in [-0.2, -0.15) is 0 Å². The predicted octanol–water partition coefficient (Wildman–Crippen LogP) is 2.90. The van der Waals surface area contributed by atoms with Gasteiger partial charge in [-0.3, -0.25) is 4.79 Å². The molecule has 3 N–H and O–H groups in total. The highest BCUT2D eigenvalue weighted by molar-refractivity contribution is 7.18. The summed E-state index contributed by atoms with van der Waals surface area (Å²) < 4.78 is 0. The second-order valence-corrected chi connectivity index (χ2v) is 8.07. The first-order chi connectivity index (χ1) is 14.0. The number of aryl methyl sites for hydroxylation is 1. The Bertz CT molecular complexity index is 1020. The largest absolute Gasteiger partial charge is 0.480 e. The van der Waals surface area contributed by atoms with Gasteiger partial charge in [0.1, 0.15) is 17.7 Å². The summed E-state index contributed by atoms with van der Waals surface area (Å²) in [5, 5.41) is 16.3. The first-order valence-electron chi connectivity index (χ1n) is 9.31. The van der Waals surface area contributed by atoms with Crippen LogP contribution in [0.2, 0.25) is 0 Å². The third-order valence-electron chi connectivity index (χ3n) is 4.92. The summed E-state index contributed by atoms with van der Waals surface area (Å²) in [4.78, 5) is 27.7. The highest BCUT2D eigenvalue weighted by atomic mass is 32.1. The zero-order chi connectivity index (χ0) is 20.4. The molecular formula is C20H22N6O2S. The van der Waals surface area contributed by atoms with Crippen molar-refractivity contribution in [1.29, 1.82) is 0 Å². The van der Waals surface area contributed by atoms with E-state index in [0.29, 0.717) is 18.8 Å². The molecule has 0 aromatic carbocycles. The summed E-state index contributed by atoms with van der Waals surface area (Å²) in [6.45, 7) is 2.65. The lowest BCUT2D eigenvalue weighted by Gasteiger charge is -2.22. The molecule has 1 unspecified atom stereocenters. The number of pyridine rings is 2. The third kappa shape index (κ3) is 4.36. The van der Waals surface area contributed by atoms with Gasteiger partial charge in [-0.15, -0.1) is 0 Å². The predicted molar refractivity (Wildman–Crippen MR) is 114 cm³/mol. The lowest BCUT2D eigenvalue weighted by atomic mass is 10.1. The fraction of sp³-hybridized carbons (Fsp3) is 0.300. The van der Waals surface area contributed by atoms with Gasteiger partial charge in [-0.05, 0) is 43.2 Å². The average molecular weight is 411 g/mol. The quantitative estimate of drug-likeness (QED) is 0.570. The molecule has 0 radical (unpaired) electrons. The molecule has 2 atom stereocenters. The molecule has 1 aliphatic heterocycles. The lowest BCUT2D eigenvalue weighted by Crippen LogP contribution is -2.33. The van der Waals surface area contributed by atoms with Crippen molar-refractivity contribution in [3.05, 3.63) is 48.3 Å². The fourth-order valence-corrected chi connectivity index (χ4v) is 4.20. The van der Waals surface area contributed by atoms with Crippen LogP contribution in [0.25, 0.3) is 10.6 Å². The van der Waals surface area contributed by atoms with Crippen molar-refractivity contribution >= 4 is 34.1 Å². The Labute approximate surface area is 172 Å². The maximum absolute atomic E-state index is 11.2. The molecular weight excluding hydrogens is 388 g/mol. The van der Waals surface area contributed by atoms with E-state index < -0.39 is 12.0 Å². The molecule has 150 valence electrons. The summed E-state index contributed by atoms with van der Waals surface area (Å²) in [5.74, 6) is 0.659. The second kappa shape index (κ2) is 8.14. The van der Waals surface area contributed by atoms with Crippen LogP contribution in [0.3, 0.4) is 0 Å². The van der Waals surface area contributed by atoms with Crippen molar-refractivity contribution < 1.29 is 9.90 Å². The van der Waals surface area contributed by atoms with Crippen molar-refractivity contribution in [3.63, 3.8) is 0 Å².